The Labute approximate surface area is 167 Å². The molecule has 0 spiro atoms. The topological polar surface area (TPSA) is 33.1 Å². The molecule has 2 aromatic heterocycles. The molecule has 0 radical (unpaired) electrons. The van der Waals surface area contributed by atoms with Crippen LogP contribution in [0.4, 0.5) is 10.8 Å². The molecule has 1 fully saturated rings. The van der Waals surface area contributed by atoms with Crippen LogP contribution in [0.2, 0.25) is 0 Å². The second-order valence-electron chi connectivity index (χ2n) is 6.72. The van der Waals surface area contributed by atoms with Crippen LogP contribution in [0.1, 0.15) is 34.9 Å². The van der Waals surface area contributed by atoms with E-state index in [-0.39, 0.29) is 0 Å². The molecule has 0 unspecified atom stereocenters. The maximum Gasteiger partial charge on any atom is 0.209 e. The molecule has 1 aromatic carbocycles. The van der Waals surface area contributed by atoms with Gasteiger partial charge in [-0.2, -0.15) is 0 Å². The minimum atomic E-state index is 0.495. The highest BCUT2D eigenvalue weighted by atomic mass is 32.1. The second-order valence-corrected chi connectivity index (χ2v) is 9.33. The fraction of sp³-hybridized carbons (Fsp3) is 0.368. The van der Waals surface area contributed by atoms with E-state index in [1.807, 2.05) is 16.0 Å². The Balaban J connectivity index is 1.49. The quantitative estimate of drug-likeness (QED) is 0.539. The molecule has 1 saturated heterocycles. The Bertz CT molecular complexity index is 942. The first-order valence-corrected chi connectivity index (χ1v) is 10.9. The monoisotopic (exact) mass is 402 g/mol. The second kappa shape index (κ2) is 7.60. The molecule has 4 nitrogen and oxygen atoms in total. The summed E-state index contributed by atoms with van der Waals surface area (Å²) in [6.45, 7) is 6.10. The molecule has 1 aliphatic heterocycles. The maximum absolute atomic E-state index is 5.56. The molecule has 3 heterocycles. The van der Waals surface area contributed by atoms with Crippen LogP contribution < -0.4 is 5.32 Å². The number of likely N-dealkylation sites (tertiary alicyclic amines) is 1. The molecule has 7 heteroatoms. The highest BCUT2D eigenvalue weighted by Gasteiger charge is 2.27. The van der Waals surface area contributed by atoms with E-state index in [4.69, 9.17) is 17.3 Å². The van der Waals surface area contributed by atoms with Crippen molar-refractivity contribution in [3.63, 3.8) is 0 Å². The molecule has 1 N–H and O–H groups in total. The lowest BCUT2D eigenvalue weighted by Gasteiger charge is -2.23. The summed E-state index contributed by atoms with van der Waals surface area (Å²) in [4.78, 5) is 3.93. The number of nitrogens with zero attached hydrogens (tertiary/aromatic N) is 3. The van der Waals surface area contributed by atoms with Gasteiger partial charge in [0, 0.05) is 23.2 Å². The Hall–Kier alpha value is -1.54. The molecule has 0 bridgehead atoms. The van der Waals surface area contributed by atoms with Crippen molar-refractivity contribution in [3.05, 3.63) is 55.7 Å². The van der Waals surface area contributed by atoms with E-state index in [9.17, 15) is 0 Å². The number of aromatic nitrogens is 2. The van der Waals surface area contributed by atoms with Crippen molar-refractivity contribution in [2.75, 3.05) is 11.9 Å². The molecular weight excluding hydrogens is 380 g/mol. The van der Waals surface area contributed by atoms with Gasteiger partial charge in [0.2, 0.25) is 5.13 Å². The summed E-state index contributed by atoms with van der Waals surface area (Å²) in [6.07, 6.45) is 2.44. The number of hydrogen-bond donors (Lipinski definition) is 1. The first-order valence-electron chi connectivity index (χ1n) is 8.80. The molecule has 0 amide bonds. The molecule has 0 saturated carbocycles. The zero-order chi connectivity index (χ0) is 18.1. The largest absolute Gasteiger partial charge is 0.330 e. The first-order chi connectivity index (χ1) is 12.6. The van der Waals surface area contributed by atoms with Gasteiger partial charge in [-0.3, -0.25) is 4.90 Å². The van der Waals surface area contributed by atoms with Crippen molar-refractivity contribution in [2.24, 2.45) is 0 Å². The summed E-state index contributed by atoms with van der Waals surface area (Å²) >= 11 is 8.94. The van der Waals surface area contributed by atoms with E-state index < -0.39 is 0 Å². The van der Waals surface area contributed by atoms with E-state index in [0.717, 1.165) is 28.0 Å². The van der Waals surface area contributed by atoms with Gasteiger partial charge in [0.25, 0.3) is 0 Å². The van der Waals surface area contributed by atoms with Crippen molar-refractivity contribution < 1.29 is 0 Å². The van der Waals surface area contributed by atoms with E-state index >= 15 is 0 Å². The zero-order valence-electron chi connectivity index (χ0n) is 14.9. The molecule has 1 atom stereocenters. The van der Waals surface area contributed by atoms with Crippen LogP contribution in [-0.2, 0) is 6.67 Å². The van der Waals surface area contributed by atoms with Crippen molar-refractivity contribution in [1.29, 1.82) is 0 Å². The molecular formula is C19H22N4S3. The lowest BCUT2D eigenvalue weighted by atomic mass is 10.1. The van der Waals surface area contributed by atoms with Gasteiger partial charge in [-0.05, 0) is 73.6 Å². The van der Waals surface area contributed by atoms with E-state index in [2.05, 4.69) is 59.8 Å². The van der Waals surface area contributed by atoms with Gasteiger partial charge in [-0.15, -0.1) is 16.4 Å². The predicted molar refractivity (Wildman–Crippen MR) is 113 cm³/mol. The van der Waals surface area contributed by atoms with Gasteiger partial charge in [0.1, 0.15) is 0 Å². The molecule has 1 aliphatic rings. The third-order valence-corrected chi connectivity index (χ3v) is 7.11. The maximum atomic E-state index is 5.56. The van der Waals surface area contributed by atoms with Crippen LogP contribution in [0.5, 0.6) is 0 Å². The number of rotatable bonds is 5. The Morgan fingerprint density at radius 2 is 2.15 bits per heavy atom. The van der Waals surface area contributed by atoms with Gasteiger partial charge < -0.3 is 5.32 Å². The van der Waals surface area contributed by atoms with Gasteiger partial charge in [-0.1, -0.05) is 23.5 Å². The van der Waals surface area contributed by atoms with E-state index in [1.54, 1.807) is 0 Å². The zero-order valence-corrected chi connectivity index (χ0v) is 17.4. The van der Waals surface area contributed by atoms with Crippen molar-refractivity contribution in [2.45, 2.75) is 39.4 Å². The molecule has 26 heavy (non-hydrogen) atoms. The summed E-state index contributed by atoms with van der Waals surface area (Å²) < 4.78 is 2.77. The molecule has 4 rings (SSSR count). The summed E-state index contributed by atoms with van der Waals surface area (Å²) in [5.74, 6) is 0. The van der Waals surface area contributed by atoms with Crippen molar-refractivity contribution >= 4 is 45.7 Å². The normalized spacial score (nSPS) is 17.7. The number of nitrogens with one attached hydrogen (secondary N) is 1. The van der Waals surface area contributed by atoms with Crippen LogP contribution in [0, 0.1) is 17.8 Å². The van der Waals surface area contributed by atoms with E-state index in [0.29, 0.717) is 6.04 Å². The third kappa shape index (κ3) is 3.76. The summed E-state index contributed by atoms with van der Waals surface area (Å²) in [5.41, 5.74) is 3.62. The van der Waals surface area contributed by atoms with Crippen LogP contribution in [0.3, 0.4) is 0 Å². The fourth-order valence-corrected chi connectivity index (χ4v) is 5.27. The lowest BCUT2D eigenvalue weighted by Crippen LogP contribution is -2.26. The summed E-state index contributed by atoms with van der Waals surface area (Å²) in [6, 6.07) is 11.2. The first kappa shape index (κ1) is 17.9. The molecule has 136 valence electrons. The standard InChI is InChI=1S/C19H22N4S3/c1-13-7-8-15(11-14(13)2)20-18-21-23(19(24)26-18)12-22-9-3-5-16(22)17-6-4-10-25-17/h4,6-8,10-11,16H,3,5,9,12H2,1-2H3,(H,20,21)/t16-/m1/s1. The highest BCUT2D eigenvalue weighted by molar-refractivity contribution is 7.73. The average Bonchev–Trinajstić information content (AvgIpc) is 3.33. The van der Waals surface area contributed by atoms with Crippen LogP contribution >= 0.6 is 34.9 Å². The number of hydrogen-bond acceptors (Lipinski definition) is 6. The molecule has 0 aliphatic carbocycles. The number of anilines is 2. The van der Waals surface area contributed by atoms with Crippen LogP contribution in [0.15, 0.2) is 35.7 Å². The third-order valence-electron chi connectivity index (χ3n) is 4.92. The van der Waals surface area contributed by atoms with Crippen LogP contribution in [0.25, 0.3) is 0 Å². The summed E-state index contributed by atoms with van der Waals surface area (Å²) in [7, 11) is 0. The van der Waals surface area contributed by atoms with Gasteiger partial charge in [0.05, 0.1) is 6.67 Å². The minimum absolute atomic E-state index is 0.495. The average molecular weight is 403 g/mol. The van der Waals surface area contributed by atoms with Gasteiger partial charge >= 0.3 is 0 Å². The molecule has 3 aromatic rings. The Morgan fingerprint density at radius 1 is 1.27 bits per heavy atom. The number of thiophene rings is 1. The predicted octanol–water partition coefficient (Wildman–Crippen LogP) is 5.89. The summed E-state index contributed by atoms with van der Waals surface area (Å²) in [5, 5.41) is 11.1. The van der Waals surface area contributed by atoms with Crippen LogP contribution in [-0.4, -0.2) is 21.2 Å². The SMILES string of the molecule is Cc1ccc(Nc2nn(CN3CCC[C@@H]3c3cccs3)c(=S)s2)cc1C. The smallest absolute Gasteiger partial charge is 0.209 e. The lowest BCUT2D eigenvalue weighted by molar-refractivity contribution is 0.193. The fourth-order valence-electron chi connectivity index (χ4n) is 3.36. The number of aryl methyl sites for hydroxylation is 2. The van der Waals surface area contributed by atoms with E-state index in [1.165, 1.54) is 40.2 Å². The van der Waals surface area contributed by atoms with Gasteiger partial charge in [0.15, 0.2) is 3.95 Å². The highest BCUT2D eigenvalue weighted by Crippen LogP contribution is 2.35. The Morgan fingerprint density at radius 3 is 2.92 bits per heavy atom. The number of benzene rings is 1. The van der Waals surface area contributed by atoms with Gasteiger partial charge in [-0.25, -0.2) is 4.68 Å². The van der Waals surface area contributed by atoms with Crippen molar-refractivity contribution in [1.82, 2.24) is 14.7 Å². The van der Waals surface area contributed by atoms with Crippen molar-refractivity contribution in [3.8, 4) is 0 Å². The Kier molecular flexibility index (Phi) is 5.22. The minimum Gasteiger partial charge on any atom is -0.330 e.